The fourth-order valence-corrected chi connectivity index (χ4v) is 2.76. The van der Waals surface area contributed by atoms with E-state index < -0.39 is 0 Å². The quantitative estimate of drug-likeness (QED) is 0.897. The fraction of sp³-hybridized carbons (Fsp3) is 0.600. The molecule has 2 amide bonds. The molecule has 0 spiro atoms. The van der Waals surface area contributed by atoms with E-state index in [1.54, 1.807) is 30.3 Å². The number of amides is 2. The molecule has 0 saturated heterocycles. The van der Waals surface area contributed by atoms with Gasteiger partial charge in [0.15, 0.2) is 0 Å². The van der Waals surface area contributed by atoms with Crippen LogP contribution >= 0.6 is 11.6 Å². The van der Waals surface area contributed by atoms with Gasteiger partial charge in [-0.1, -0.05) is 24.4 Å². The molecule has 0 aromatic carbocycles. The second kappa shape index (κ2) is 7.61. The molecule has 1 heterocycles. The number of nitrogens with zero attached hydrogens (tertiary/aromatic N) is 2. The fourth-order valence-electron chi connectivity index (χ4n) is 2.65. The molecule has 1 saturated carbocycles. The van der Waals surface area contributed by atoms with Gasteiger partial charge in [-0.25, -0.2) is 4.79 Å². The van der Waals surface area contributed by atoms with Gasteiger partial charge in [0, 0.05) is 25.7 Å². The van der Waals surface area contributed by atoms with Gasteiger partial charge < -0.3 is 15.3 Å². The lowest BCUT2D eigenvalue weighted by molar-refractivity contribution is 0.0565. The van der Waals surface area contributed by atoms with Crippen molar-refractivity contribution < 1.29 is 9.90 Å². The zero-order valence-electron chi connectivity index (χ0n) is 12.3. The van der Waals surface area contributed by atoms with Gasteiger partial charge in [0.05, 0.1) is 23.4 Å². The number of rotatable bonds is 4. The molecule has 1 aliphatic rings. The minimum Gasteiger partial charge on any atom is -0.393 e. The van der Waals surface area contributed by atoms with Crippen LogP contribution in [0.5, 0.6) is 0 Å². The molecule has 6 heteroatoms. The van der Waals surface area contributed by atoms with Crippen molar-refractivity contribution in [1.29, 1.82) is 0 Å². The number of urea groups is 1. The summed E-state index contributed by atoms with van der Waals surface area (Å²) in [7, 11) is 1.76. The van der Waals surface area contributed by atoms with Crippen molar-refractivity contribution in [3.63, 3.8) is 0 Å². The molecule has 1 aromatic heterocycles. The van der Waals surface area contributed by atoms with Crippen LogP contribution in [0, 0.1) is 5.92 Å². The summed E-state index contributed by atoms with van der Waals surface area (Å²) in [4.78, 5) is 17.8. The normalized spacial score (nSPS) is 21.9. The van der Waals surface area contributed by atoms with E-state index in [4.69, 9.17) is 11.6 Å². The second-order valence-corrected chi connectivity index (χ2v) is 6.06. The first-order chi connectivity index (χ1) is 10.1. The first-order valence-corrected chi connectivity index (χ1v) is 7.71. The van der Waals surface area contributed by atoms with Crippen molar-refractivity contribution in [2.45, 2.75) is 38.3 Å². The summed E-state index contributed by atoms with van der Waals surface area (Å²) in [5, 5.41) is 13.4. The number of aliphatic hydroxyl groups excluding tert-OH is 1. The SMILES string of the molecule is CN(C[C@H]1CCCC[C@H]1O)C(=O)NCc1ccc(Cl)cn1. The lowest BCUT2D eigenvalue weighted by atomic mass is 9.86. The Morgan fingerprint density at radius 3 is 2.90 bits per heavy atom. The van der Waals surface area contributed by atoms with Crippen molar-refractivity contribution in [2.24, 2.45) is 5.92 Å². The molecule has 0 bridgehead atoms. The monoisotopic (exact) mass is 311 g/mol. The Kier molecular flexibility index (Phi) is 5.82. The number of hydrogen-bond acceptors (Lipinski definition) is 3. The lowest BCUT2D eigenvalue weighted by Crippen LogP contribution is -2.42. The summed E-state index contributed by atoms with van der Waals surface area (Å²) in [6.45, 7) is 0.953. The Hall–Kier alpha value is -1.33. The van der Waals surface area contributed by atoms with Crippen LogP contribution in [0.25, 0.3) is 0 Å². The topological polar surface area (TPSA) is 65.5 Å². The van der Waals surface area contributed by atoms with Crippen molar-refractivity contribution >= 4 is 17.6 Å². The first kappa shape index (κ1) is 16.0. The standard InChI is InChI=1S/C15H22ClN3O2/c1-19(10-11-4-2-3-5-14(11)20)15(21)18-9-13-7-6-12(16)8-17-13/h6-8,11,14,20H,2-5,9-10H2,1H3,(H,18,21)/t11-,14-/m1/s1. The molecule has 2 atom stereocenters. The predicted molar refractivity (Wildman–Crippen MR) is 82.1 cm³/mol. The van der Waals surface area contributed by atoms with Crippen LogP contribution in [0.4, 0.5) is 4.79 Å². The highest BCUT2D eigenvalue weighted by Crippen LogP contribution is 2.24. The van der Waals surface area contributed by atoms with Crippen molar-refractivity contribution in [3.05, 3.63) is 29.0 Å². The van der Waals surface area contributed by atoms with Gasteiger partial charge in [-0.2, -0.15) is 0 Å². The summed E-state index contributed by atoms with van der Waals surface area (Å²) < 4.78 is 0. The van der Waals surface area contributed by atoms with Crippen LogP contribution in [-0.2, 0) is 6.54 Å². The number of nitrogens with one attached hydrogen (secondary N) is 1. The number of hydrogen-bond donors (Lipinski definition) is 2. The van der Waals surface area contributed by atoms with E-state index in [1.165, 1.54) is 0 Å². The van der Waals surface area contributed by atoms with E-state index in [0.29, 0.717) is 18.1 Å². The van der Waals surface area contributed by atoms with Crippen LogP contribution in [0.2, 0.25) is 5.02 Å². The van der Waals surface area contributed by atoms with E-state index in [-0.39, 0.29) is 18.1 Å². The molecular weight excluding hydrogens is 290 g/mol. The zero-order chi connectivity index (χ0) is 15.2. The average Bonchev–Trinajstić information content (AvgIpc) is 2.48. The minimum absolute atomic E-state index is 0.149. The molecule has 0 aliphatic heterocycles. The summed E-state index contributed by atoms with van der Waals surface area (Å²) in [6.07, 6.45) is 5.31. The minimum atomic E-state index is -0.285. The Balaban J connectivity index is 1.78. The molecule has 0 unspecified atom stereocenters. The third kappa shape index (κ3) is 4.86. The number of aliphatic hydroxyl groups is 1. The van der Waals surface area contributed by atoms with E-state index in [1.807, 2.05) is 0 Å². The average molecular weight is 312 g/mol. The summed E-state index contributed by atoms with van der Waals surface area (Å²) in [6, 6.07) is 3.38. The van der Waals surface area contributed by atoms with Crippen LogP contribution in [0.1, 0.15) is 31.4 Å². The van der Waals surface area contributed by atoms with Gasteiger partial charge in [-0.3, -0.25) is 4.98 Å². The van der Waals surface area contributed by atoms with Gasteiger partial charge in [0.25, 0.3) is 0 Å². The van der Waals surface area contributed by atoms with E-state index in [0.717, 1.165) is 31.4 Å². The largest absolute Gasteiger partial charge is 0.393 e. The molecule has 21 heavy (non-hydrogen) atoms. The van der Waals surface area contributed by atoms with Crippen molar-refractivity contribution in [1.82, 2.24) is 15.2 Å². The van der Waals surface area contributed by atoms with E-state index in [9.17, 15) is 9.90 Å². The maximum Gasteiger partial charge on any atom is 0.317 e. The van der Waals surface area contributed by atoms with Crippen molar-refractivity contribution in [3.8, 4) is 0 Å². The Morgan fingerprint density at radius 1 is 1.48 bits per heavy atom. The molecule has 2 N–H and O–H groups in total. The van der Waals surface area contributed by atoms with Gasteiger partial charge in [-0.15, -0.1) is 0 Å². The van der Waals surface area contributed by atoms with Crippen LogP contribution in [0.15, 0.2) is 18.3 Å². The highest BCUT2D eigenvalue weighted by Gasteiger charge is 2.25. The first-order valence-electron chi connectivity index (χ1n) is 7.33. The molecule has 0 radical (unpaired) electrons. The predicted octanol–water partition coefficient (Wildman–Crippen LogP) is 2.43. The lowest BCUT2D eigenvalue weighted by Gasteiger charge is -2.31. The molecule has 2 rings (SSSR count). The molecule has 1 aromatic rings. The number of aromatic nitrogens is 1. The number of halogens is 1. The van der Waals surface area contributed by atoms with Gasteiger partial charge >= 0.3 is 6.03 Å². The van der Waals surface area contributed by atoms with Crippen LogP contribution in [-0.4, -0.2) is 40.7 Å². The highest BCUT2D eigenvalue weighted by molar-refractivity contribution is 6.30. The summed E-state index contributed by atoms with van der Waals surface area (Å²) in [5.41, 5.74) is 0.763. The summed E-state index contributed by atoms with van der Waals surface area (Å²) in [5.74, 6) is 0.183. The van der Waals surface area contributed by atoms with Gasteiger partial charge in [-0.05, 0) is 25.0 Å². The van der Waals surface area contributed by atoms with Gasteiger partial charge in [0.2, 0.25) is 0 Å². The van der Waals surface area contributed by atoms with Crippen molar-refractivity contribution in [2.75, 3.05) is 13.6 Å². The number of carbonyl (C=O) groups is 1. The maximum atomic E-state index is 12.0. The number of pyridine rings is 1. The maximum absolute atomic E-state index is 12.0. The highest BCUT2D eigenvalue weighted by atomic mass is 35.5. The van der Waals surface area contributed by atoms with E-state index >= 15 is 0 Å². The molecule has 5 nitrogen and oxygen atoms in total. The summed E-state index contributed by atoms with van der Waals surface area (Å²) >= 11 is 5.77. The molecule has 1 fully saturated rings. The van der Waals surface area contributed by atoms with Gasteiger partial charge in [0.1, 0.15) is 0 Å². The molecule has 116 valence electrons. The van der Waals surface area contributed by atoms with Crippen LogP contribution in [0.3, 0.4) is 0 Å². The Labute approximate surface area is 130 Å². The second-order valence-electron chi connectivity index (χ2n) is 5.62. The smallest absolute Gasteiger partial charge is 0.317 e. The Morgan fingerprint density at radius 2 is 2.24 bits per heavy atom. The number of carbonyl (C=O) groups excluding carboxylic acids is 1. The molecular formula is C15H22ClN3O2. The molecule has 1 aliphatic carbocycles. The van der Waals surface area contributed by atoms with E-state index in [2.05, 4.69) is 10.3 Å². The zero-order valence-corrected chi connectivity index (χ0v) is 13.0. The van der Waals surface area contributed by atoms with Crippen LogP contribution < -0.4 is 5.32 Å². The third-order valence-corrected chi connectivity index (χ3v) is 4.16. The third-order valence-electron chi connectivity index (χ3n) is 3.93. The Bertz CT molecular complexity index is 466.